The number of hydrazine groups is 1. The summed E-state index contributed by atoms with van der Waals surface area (Å²) in [6, 6.07) is 0. The monoisotopic (exact) mass is 256 g/mol. The van der Waals surface area contributed by atoms with Crippen molar-refractivity contribution in [3.63, 3.8) is 0 Å². The van der Waals surface area contributed by atoms with Gasteiger partial charge in [0.05, 0.1) is 12.4 Å². The minimum absolute atomic E-state index is 0.231. The second-order valence-electron chi connectivity index (χ2n) is 3.29. The van der Waals surface area contributed by atoms with E-state index in [-0.39, 0.29) is 11.7 Å². The van der Waals surface area contributed by atoms with Gasteiger partial charge in [-0.15, -0.1) is 0 Å². The maximum absolute atomic E-state index is 11.2. The lowest BCUT2D eigenvalue weighted by molar-refractivity contribution is -0.139. The number of nitrogens with two attached hydrogens (primary N) is 1. The van der Waals surface area contributed by atoms with Crippen molar-refractivity contribution in [3.05, 3.63) is 11.4 Å². The van der Waals surface area contributed by atoms with Crippen LogP contribution in [0.5, 0.6) is 0 Å². The molecule has 0 saturated carbocycles. The lowest BCUT2D eigenvalue weighted by Gasteiger charge is -2.09. The summed E-state index contributed by atoms with van der Waals surface area (Å²) in [4.78, 5) is 19.6. The van der Waals surface area contributed by atoms with E-state index < -0.39 is 0 Å². The molecule has 1 aromatic rings. The van der Waals surface area contributed by atoms with Gasteiger partial charge in [0, 0.05) is 5.56 Å². The fourth-order valence-corrected chi connectivity index (χ4v) is 2.06. The van der Waals surface area contributed by atoms with Gasteiger partial charge in [0.1, 0.15) is 16.7 Å². The summed E-state index contributed by atoms with van der Waals surface area (Å²) >= 11 is 1.32. The lowest BCUT2D eigenvalue weighted by Crippen LogP contribution is -2.13. The highest BCUT2D eigenvalue weighted by Crippen LogP contribution is 2.24. The Morgan fingerprint density at radius 3 is 2.76 bits per heavy atom. The molecule has 1 aromatic heterocycles. The zero-order valence-corrected chi connectivity index (χ0v) is 10.9. The van der Waals surface area contributed by atoms with Gasteiger partial charge in [-0.3, -0.25) is 4.79 Å². The summed E-state index contributed by atoms with van der Waals surface area (Å²) in [5.74, 6) is 6.51. The summed E-state index contributed by atoms with van der Waals surface area (Å²) in [5, 5.41) is 0.735. The largest absolute Gasteiger partial charge is 0.465 e. The Morgan fingerprint density at radius 2 is 2.18 bits per heavy atom. The van der Waals surface area contributed by atoms with Gasteiger partial charge >= 0.3 is 5.97 Å². The number of anilines is 1. The van der Waals surface area contributed by atoms with Gasteiger partial charge in [-0.2, -0.15) is 0 Å². The molecular weight excluding hydrogens is 240 g/mol. The second-order valence-corrected chi connectivity index (χ2v) is 4.25. The first-order valence-corrected chi connectivity index (χ1v) is 6.17. The third-order valence-corrected chi connectivity index (χ3v) is 3.03. The topological polar surface area (TPSA) is 90.1 Å². The maximum atomic E-state index is 11.2. The summed E-state index contributed by atoms with van der Waals surface area (Å²) in [6.45, 7) is 5.78. The molecule has 0 amide bonds. The van der Waals surface area contributed by atoms with Crippen molar-refractivity contribution >= 4 is 23.5 Å². The van der Waals surface area contributed by atoms with Gasteiger partial charge in [-0.1, -0.05) is 11.8 Å². The fraction of sp³-hybridized carbons (Fsp3) is 0.500. The molecule has 17 heavy (non-hydrogen) atoms. The van der Waals surface area contributed by atoms with Gasteiger partial charge in [0.15, 0.2) is 0 Å². The molecule has 7 heteroatoms. The molecule has 1 heterocycles. The highest BCUT2D eigenvalue weighted by molar-refractivity contribution is 7.99. The number of rotatable bonds is 5. The number of aryl methyl sites for hydroxylation is 1. The molecule has 0 aliphatic rings. The number of hydrogen-bond acceptors (Lipinski definition) is 7. The Bertz CT molecular complexity index is 412. The van der Waals surface area contributed by atoms with Crippen LogP contribution in [0.1, 0.15) is 18.3 Å². The molecule has 0 aliphatic heterocycles. The predicted octanol–water partition coefficient (Wildman–Crippen LogP) is 1.03. The highest BCUT2D eigenvalue weighted by Gasteiger charge is 2.11. The molecule has 0 aromatic carbocycles. The molecule has 0 radical (unpaired) electrons. The number of carbonyl (C=O) groups excluding carboxylic acids is 1. The van der Waals surface area contributed by atoms with E-state index in [1.807, 2.05) is 6.92 Å². The van der Waals surface area contributed by atoms with Gasteiger partial charge in [0.2, 0.25) is 0 Å². The van der Waals surface area contributed by atoms with Crippen LogP contribution in [-0.4, -0.2) is 28.3 Å². The molecule has 0 atom stereocenters. The van der Waals surface area contributed by atoms with Crippen LogP contribution in [0.3, 0.4) is 0 Å². The van der Waals surface area contributed by atoms with E-state index >= 15 is 0 Å². The number of ether oxygens (including phenoxy) is 1. The van der Waals surface area contributed by atoms with Crippen molar-refractivity contribution in [1.82, 2.24) is 9.97 Å². The standard InChI is InChI=1S/C10H16N4O2S/c1-4-16-8(15)5-17-10-6(2)9(14-11)12-7(3)13-10/h4-5,11H2,1-3H3,(H,12,13,14). The summed E-state index contributed by atoms with van der Waals surface area (Å²) in [5.41, 5.74) is 3.33. The van der Waals surface area contributed by atoms with E-state index in [9.17, 15) is 4.79 Å². The van der Waals surface area contributed by atoms with Crippen LogP contribution in [0.2, 0.25) is 0 Å². The lowest BCUT2D eigenvalue weighted by atomic mass is 10.3. The average molecular weight is 256 g/mol. The quantitative estimate of drug-likeness (QED) is 0.267. The second kappa shape index (κ2) is 6.41. The van der Waals surface area contributed by atoms with Crippen molar-refractivity contribution in [1.29, 1.82) is 0 Å². The van der Waals surface area contributed by atoms with Gasteiger partial charge < -0.3 is 10.2 Å². The van der Waals surface area contributed by atoms with Crippen LogP contribution in [0.15, 0.2) is 5.03 Å². The first-order chi connectivity index (χ1) is 8.08. The molecule has 0 unspecified atom stereocenters. The normalized spacial score (nSPS) is 10.1. The molecule has 0 spiro atoms. The highest BCUT2D eigenvalue weighted by atomic mass is 32.2. The first kappa shape index (κ1) is 13.7. The van der Waals surface area contributed by atoms with Gasteiger partial charge in [-0.25, -0.2) is 15.8 Å². The molecule has 0 bridgehead atoms. The van der Waals surface area contributed by atoms with Crippen LogP contribution in [0.25, 0.3) is 0 Å². The molecule has 3 N–H and O–H groups in total. The Hall–Kier alpha value is -1.34. The van der Waals surface area contributed by atoms with E-state index in [1.165, 1.54) is 11.8 Å². The van der Waals surface area contributed by atoms with E-state index in [0.717, 1.165) is 10.6 Å². The summed E-state index contributed by atoms with van der Waals surface area (Å²) in [7, 11) is 0. The van der Waals surface area contributed by atoms with E-state index in [2.05, 4.69) is 15.4 Å². The van der Waals surface area contributed by atoms with E-state index in [1.54, 1.807) is 13.8 Å². The van der Waals surface area contributed by atoms with Crippen LogP contribution < -0.4 is 11.3 Å². The zero-order chi connectivity index (χ0) is 12.8. The van der Waals surface area contributed by atoms with Gasteiger partial charge in [0.25, 0.3) is 0 Å². The molecule has 0 saturated heterocycles. The maximum Gasteiger partial charge on any atom is 0.316 e. The van der Waals surface area contributed by atoms with Crippen LogP contribution in [-0.2, 0) is 9.53 Å². The van der Waals surface area contributed by atoms with Crippen LogP contribution in [0.4, 0.5) is 5.82 Å². The van der Waals surface area contributed by atoms with Crippen molar-refractivity contribution < 1.29 is 9.53 Å². The van der Waals surface area contributed by atoms with Gasteiger partial charge in [-0.05, 0) is 20.8 Å². The van der Waals surface area contributed by atoms with E-state index in [0.29, 0.717) is 18.2 Å². The Balaban J connectivity index is 2.77. The summed E-state index contributed by atoms with van der Waals surface area (Å²) < 4.78 is 4.85. The zero-order valence-electron chi connectivity index (χ0n) is 10.1. The van der Waals surface area contributed by atoms with E-state index in [4.69, 9.17) is 10.6 Å². The van der Waals surface area contributed by atoms with Crippen LogP contribution >= 0.6 is 11.8 Å². The third kappa shape index (κ3) is 3.86. The number of aromatic nitrogens is 2. The molecular formula is C10H16N4O2S. The average Bonchev–Trinajstić information content (AvgIpc) is 2.30. The number of carbonyl (C=O) groups is 1. The number of nitrogens with one attached hydrogen (secondary N) is 1. The number of esters is 1. The number of nitrogens with zero attached hydrogens (tertiary/aromatic N) is 2. The molecule has 1 rings (SSSR count). The molecule has 0 fully saturated rings. The van der Waals surface area contributed by atoms with Crippen LogP contribution in [0, 0.1) is 13.8 Å². The SMILES string of the molecule is CCOC(=O)CSc1nc(C)nc(NN)c1C. The van der Waals surface area contributed by atoms with Crippen molar-refractivity contribution in [3.8, 4) is 0 Å². The summed E-state index contributed by atoms with van der Waals surface area (Å²) in [6.07, 6.45) is 0. The minimum Gasteiger partial charge on any atom is -0.465 e. The minimum atomic E-state index is -0.254. The Kier molecular flexibility index (Phi) is 5.17. The molecule has 6 nitrogen and oxygen atoms in total. The number of thioether (sulfide) groups is 1. The van der Waals surface area contributed by atoms with Crippen molar-refractivity contribution in [2.24, 2.45) is 5.84 Å². The Labute approximate surface area is 104 Å². The van der Waals surface area contributed by atoms with Crippen molar-refractivity contribution in [2.75, 3.05) is 17.8 Å². The predicted molar refractivity (Wildman–Crippen MR) is 66.7 cm³/mol. The van der Waals surface area contributed by atoms with Crippen molar-refractivity contribution in [2.45, 2.75) is 25.8 Å². The Morgan fingerprint density at radius 1 is 1.47 bits per heavy atom. The third-order valence-electron chi connectivity index (χ3n) is 1.98. The molecule has 0 aliphatic carbocycles. The number of nitrogen functional groups attached to an aromatic ring is 1. The molecule has 94 valence electrons. The smallest absolute Gasteiger partial charge is 0.316 e. The fourth-order valence-electron chi connectivity index (χ4n) is 1.21. The first-order valence-electron chi connectivity index (χ1n) is 5.18. The number of hydrogen-bond donors (Lipinski definition) is 2.